The van der Waals surface area contributed by atoms with Crippen LogP contribution in [0.2, 0.25) is 0 Å². The average molecular weight is 454 g/mol. The number of tetrazole rings is 1. The molecule has 2 aromatic carbocycles. The van der Waals surface area contributed by atoms with E-state index in [2.05, 4.69) is 67.4 Å². The van der Waals surface area contributed by atoms with E-state index >= 15 is 0 Å². The van der Waals surface area contributed by atoms with Crippen LogP contribution in [-0.4, -0.2) is 40.4 Å². The van der Waals surface area contributed by atoms with Gasteiger partial charge in [-0.15, -0.1) is 5.10 Å². The molecule has 0 bridgehead atoms. The summed E-state index contributed by atoms with van der Waals surface area (Å²) in [5.74, 6) is 1.47. The molecule has 0 amide bonds. The third-order valence-electron chi connectivity index (χ3n) is 6.28. The van der Waals surface area contributed by atoms with Crippen LogP contribution in [0.15, 0.2) is 85.4 Å². The number of rotatable bonds is 8. The number of hydrogen-bond donors (Lipinski definition) is 2. The predicted octanol–water partition coefficient (Wildman–Crippen LogP) is 4.94. The fourth-order valence-electron chi connectivity index (χ4n) is 4.51. The highest BCUT2D eigenvalue weighted by atomic mass is 16.5. The predicted molar refractivity (Wildman–Crippen MR) is 129 cm³/mol. The van der Waals surface area contributed by atoms with Gasteiger partial charge in [-0.25, -0.2) is 15.1 Å². The SMILES string of the molecule is CCCCC1(c2nccn2Cc2ccc(-c3ccccc3-c3nnn[nH]3)cc2)C=CC=CN1O. The molecule has 0 fully saturated rings. The molecule has 0 radical (unpaired) electrons. The summed E-state index contributed by atoms with van der Waals surface area (Å²) in [5.41, 5.74) is 3.58. The van der Waals surface area contributed by atoms with E-state index in [1.54, 1.807) is 12.4 Å². The summed E-state index contributed by atoms with van der Waals surface area (Å²) in [6.45, 7) is 2.81. The first-order valence-corrected chi connectivity index (χ1v) is 11.5. The number of allylic oxidation sites excluding steroid dienone is 2. The van der Waals surface area contributed by atoms with Crippen LogP contribution in [0.5, 0.6) is 0 Å². The first-order valence-electron chi connectivity index (χ1n) is 11.5. The Morgan fingerprint density at radius 2 is 1.85 bits per heavy atom. The highest BCUT2D eigenvalue weighted by Crippen LogP contribution is 2.36. The quantitative estimate of drug-likeness (QED) is 0.392. The number of benzene rings is 2. The van der Waals surface area contributed by atoms with Crippen LogP contribution in [0.4, 0.5) is 0 Å². The molecule has 0 saturated heterocycles. The Labute approximate surface area is 198 Å². The first kappa shape index (κ1) is 21.8. The minimum absolute atomic E-state index is 0.642. The van der Waals surface area contributed by atoms with E-state index in [4.69, 9.17) is 0 Å². The molecule has 1 aliphatic rings. The molecule has 8 heteroatoms. The van der Waals surface area contributed by atoms with Crippen molar-refractivity contribution in [2.45, 2.75) is 38.3 Å². The van der Waals surface area contributed by atoms with Crippen LogP contribution in [0.25, 0.3) is 22.5 Å². The lowest BCUT2D eigenvalue weighted by Gasteiger charge is -2.38. The van der Waals surface area contributed by atoms with E-state index in [-0.39, 0.29) is 0 Å². The summed E-state index contributed by atoms with van der Waals surface area (Å²) in [6, 6.07) is 16.5. The zero-order valence-corrected chi connectivity index (χ0v) is 19.0. The molecule has 2 aromatic heterocycles. The summed E-state index contributed by atoms with van der Waals surface area (Å²) in [7, 11) is 0. The highest BCUT2D eigenvalue weighted by Gasteiger charge is 2.39. The number of aromatic amines is 1. The molecule has 8 nitrogen and oxygen atoms in total. The van der Waals surface area contributed by atoms with Crippen LogP contribution in [0.3, 0.4) is 0 Å². The zero-order valence-electron chi connectivity index (χ0n) is 19.0. The van der Waals surface area contributed by atoms with Crippen LogP contribution in [0, 0.1) is 0 Å². The van der Waals surface area contributed by atoms with Crippen molar-refractivity contribution in [3.63, 3.8) is 0 Å². The fourth-order valence-corrected chi connectivity index (χ4v) is 4.51. The second kappa shape index (κ2) is 9.44. The Kier molecular flexibility index (Phi) is 6.05. The Morgan fingerprint density at radius 3 is 2.59 bits per heavy atom. The second-order valence-electron chi connectivity index (χ2n) is 8.44. The number of nitrogens with zero attached hydrogens (tertiary/aromatic N) is 6. The summed E-state index contributed by atoms with van der Waals surface area (Å²) in [5, 5.41) is 26.4. The van der Waals surface area contributed by atoms with Gasteiger partial charge in [0.05, 0.1) is 0 Å². The number of hydroxylamine groups is 2. The Balaban J connectivity index is 1.42. The molecule has 1 aliphatic heterocycles. The van der Waals surface area contributed by atoms with Gasteiger partial charge in [-0.3, -0.25) is 5.21 Å². The van der Waals surface area contributed by atoms with Crippen LogP contribution >= 0.6 is 0 Å². The third-order valence-corrected chi connectivity index (χ3v) is 6.28. The van der Waals surface area contributed by atoms with Crippen molar-refractivity contribution >= 4 is 0 Å². The summed E-state index contributed by atoms with van der Waals surface area (Å²) in [6.07, 6.45) is 14.1. The highest BCUT2D eigenvalue weighted by molar-refractivity contribution is 5.80. The molecule has 0 aliphatic carbocycles. The normalized spacial score (nSPS) is 17.4. The number of aromatic nitrogens is 6. The lowest BCUT2D eigenvalue weighted by Crippen LogP contribution is -2.43. The summed E-state index contributed by atoms with van der Waals surface area (Å²) < 4.78 is 2.12. The van der Waals surface area contributed by atoms with E-state index in [9.17, 15) is 5.21 Å². The monoisotopic (exact) mass is 453 g/mol. The van der Waals surface area contributed by atoms with Gasteiger partial charge in [0.25, 0.3) is 0 Å². The Morgan fingerprint density at radius 1 is 1.03 bits per heavy atom. The van der Waals surface area contributed by atoms with Gasteiger partial charge in [-0.05, 0) is 45.7 Å². The smallest absolute Gasteiger partial charge is 0.180 e. The summed E-state index contributed by atoms with van der Waals surface area (Å²) >= 11 is 0. The maximum absolute atomic E-state index is 10.8. The molecule has 4 aromatic rings. The van der Waals surface area contributed by atoms with E-state index in [1.165, 1.54) is 5.06 Å². The third kappa shape index (κ3) is 4.04. The van der Waals surface area contributed by atoms with Crippen molar-refractivity contribution in [2.75, 3.05) is 0 Å². The number of hydrogen-bond acceptors (Lipinski definition) is 6. The molecule has 34 heavy (non-hydrogen) atoms. The number of imidazole rings is 1. The Bertz CT molecular complexity index is 1290. The van der Waals surface area contributed by atoms with Gasteiger partial charge >= 0.3 is 0 Å². The van der Waals surface area contributed by atoms with Crippen molar-refractivity contribution in [3.8, 4) is 22.5 Å². The molecule has 0 saturated carbocycles. The molecule has 5 rings (SSSR count). The van der Waals surface area contributed by atoms with E-state index in [0.29, 0.717) is 12.4 Å². The maximum atomic E-state index is 10.8. The van der Waals surface area contributed by atoms with Crippen molar-refractivity contribution < 1.29 is 5.21 Å². The molecule has 0 spiro atoms. The minimum Gasteiger partial charge on any atom is -0.328 e. The van der Waals surface area contributed by atoms with Crippen molar-refractivity contribution in [2.24, 2.45) is 0 Å². The molecule has 1 atom stereocenters. The topological polar surface area (TPSA) is 95.8 Å². The van der Waals surface area contributed by atoms with Gasteiger partial charge < -0.3 is 4.57 Å². The minimum atomic E-state index is -0.668. The van der Waals surface area contributed by atoms with Crippen LogP contribution in [-0.2, 0) is 12.1 Å². The van der Waals surface area contributed by atoms with Gasteiger partial charge in [0.15, 0.2) is 5.82 Å². The van der Waals surface area contributed by atoms with E-state index in [1.807, 2.05) is 42.6 Å². The Hall–Kier alpha value is -4.04. The lowest BCUT2D eigenvalue weighted by atomic mass is 9.89. The fraction of sp³-hybridized carbons (Fsp3) is 0.231. The molecule has 3 heterocycles. The first-order chi connectivity index (χ1) is 16.7. The van der Waals surface area contributed by atoms with Gasteiger partial charge in [-0.2, -0.15) is 0 Å². The summed E-state index contributed by atoms with van der Waals surface area (Å²) in [4.78, 5) is 4.67. The van der Waals surface area contributed by atoms with Gasteiger partial charge in [0, 0.05) is 30.7 Å². The number of nitrogens with one attached hydrogen (secondary N) is 1. The van der Waals surface area contributed by atoms with Gasteiger partial charge in [0.2, 0.25) is 0 Å². The largest absolute Gasteiger partial charge is 0.328 e. The lowest BCUT2D eigenvalue weighted by molar-refractivity contribution is -0.124. The number of H-pyrrole nitrogens is 1. The molecular formula is C26H27N7O. The molecule has 1 unspecified atom stereocenters. The molecule has 172 valence electrons. The van der Waals surface area contributed by atoms with E-state index < -0.39 is 5.54 Å². The maximum Gasteiger partial charge on any atom is 0.180 e. The van der Waals surface area contributed by atoms with Gasteiger partial charge in [-0.1, -0.05) is 74.4 Å². The van der Waals surface area contributed by atoms with Crippen molar-refractivity contribution in [1.29, 1.82) is 0 Å². The number of unbranched alkanes of at least 4 members (excludes halogenated alkanes) is 1. The molecule has 2 N–H and O–H groups in total. The van der Waals surface area contributed by atoms with Crippen LogP contribution < -0.4 is 0 Å². The standard InChI is InChI=1S/C26H27N7O/c1-2-3-14-26(15-6-7-17-33(26)34)25-27-16-18-32(25)19-20-10-12-21(13-11-20)22-8-4-5-9-23(22)24-28-30-31-29-24/h4-13,15-18,34H,2-3,14,19H2,1H3,(H,28,29,30,31). The zero-order chi connectivity index (χ0) is 23.4. The van der Waals surface area contributed by atoms with Crippen molar-refractivity contribution in [3.05, 3.63) is 96.7 Å². The second-order valence-corrected chi connectivity index (χ2v) is 8.44. The van der Waals surface area contributed by atoms with E-state index in [0.717, 1.165) is 47.3 Å². The van der Waals surface area contributed by atoms with Crippen molar-refractivity contribution in [1.82, 2.24) is 35.2 Å². The van der Waals surface area contributed by atoms with Crippen LogP contribution in [0.1, 0.15) is 37.6 Å². The van der Waals surface area contributed by atoms with Gasteiger partial charge in [0.1, 0.15) is 11.4 Å². The molecular weight excluding hydrogens is 426 g/mol. The average Bonchev–Trinajstić information content (AvgIpc) is 3.57.